The van der Waals surface area contributed by atoms with Crippen LogP contribution in [0.1, 0.15) is 6.42 Å². The maximum atomic E-state index is 11.4. The molecular formula is C15H17N5O6S. The molecule has 0 spiro atoms. The Hall–Kier alpha value is -2.99. The van der Waals surface area contributed by atoms with Crippen LogP contribution in [0, 0.1) is 0 Å². The molecule has 0 radical (unpaired) electrons. The molecule has 0 saturated carbocycles. The Labute approximate surface area is 155 Å². The Kier molecular flexibility index (Phi) is 5.66. The number of hydrogen-bond acceptors (Lipinski definition) is 10. The van der Waals surface area contributed by atoms with Crippen LogP contribution in [0.25, 0.3) is 10.9 Å². The van der Waals surface area contributed by atoms with Crippen molar-refractivity contribution in [1.29, 1.82) is 0 Å². The first-order valence-corrected chi connectivity index (χ1v) is 9.05. The number of fused-ring (bicyclic) bond motifs is 1. The van der Waals surface area contributed by atoms with Gasteiger partial charge in [-0.25, -0.2) is 14.8 Å². The fourth-order valence-corrected chi connectivity index (χ4v) is 3.01. The van der Waals surface area contributed by atoms with E-state index in [0.717, 1.165) is 0 Å². The predicted molar refractivity (Wildman–Crippen MR) is 94.0 cm³/mol. The Morgan fingerprint density at radius 1 is 1.22 bits per heavy atom. The monoisotopic (exact) mass is 395 g/mol. The van der Waals surface area contributed by atoms with Gasteiger partial charge in [0.15, 0.2) is 11.5 Å². The van der Waals surface area contributed by atoms with E-state index in [1.54, 1.807) is 6.07 Å². The first kappa shape index (κ1) is 18.8. The van der Waals surface area contributed by atoms with Gasteiger partial charge in [-0.05, 0) is 12.5 Å². The van der Waals surface area contributed by atoms with Crippen molar-refractivity contribution in [3.8, 4) is 11.5 Å². The SMILES string of the molecule is COc1cc2c(N3CCCN(OC(=O)N=S(=O)=O)CC3)ncnc2cc1O. The van der Waals surface area contributed by atoms with E-state index < -0.39 is 16.6 Å². The summed E-state index contributed by atoms with van der Waals surface area (Å²) >= 11 is 0. The second-order valence-electron chi connectivity index (χ2n) is 5.67. The number of aromatic nitrogens is 2. The number of methoxy groups -OCH3 is 1. The van der Waals surface area contributed by atoms with Gasteiger partial charge in [-0.15, -0.1) is 5.06 Å². The number of carbonyl (C=O) groups excluding carboxylic acids is 1. The minimum absolute atomic E-state index is 0.0110. The van der Waals surface area contributed by atoms with E-state index in [9.17, 15) is 18.3 Å². The number of ether oxygens (including phenoxy) is 1. The minimum atomic E-state index is -2.85. The lowest BCUT2D eigenvalue weighted by atomic mass is 10.2. The quantitative estimate of drug-likeness (QED) is 0.801. The van der Waals surface area contributed by atoms with E-state index in [0.29, 0.717) is 55.1 Å². The highest BCUT2D eigenvalue weighted by Gasteiger charge is 2.21. The second-order valence-corrected chi connectivity index (χ2v) is 6.29. The Bertz CT molecular complexity index is 988. The number of amides is 1. The molecule has 0 bridgehead atoms. The van der Waals surface area contributed by atoms with E-state index >= 15 is 0 Å². The van der Waals surface area contributed by atoms with Crippen LogP contribution >= 0.6 is 0 Å². The number of benzene rings is 1. The summed E-state index contributed by atoms with van der Waals surface area (Å²) in [6.45, 7) is 1.88. The minimum Gasteiger partial charge on any atom is -0.504 e. The first-order valence-electron chi connectivity index (χ1n) is 8.02. The topological polar surface area (TPSA) is 135 Å². The van der Waals surface area contributed by atoms with E-state index in [1.165, 1.54) is 24.6 Å². The summed E-state index contributed by atoms with van der Waals surface area (Å²) in [5.41, 5.74) is 0.572. The third-order valence-corrected chi connectivity index (χ3v) is 4.32. The molecule has 1 fully saturated rings. The molecule has 1 aromatic heterocycles. The molecule has 1 aliphatic heterocycles. The van der Waals surface area contributed by atoms with Crippen LogP contribution in [0.5, 0.6) is 11.5 Å². The fourth-order valence-electron chi connectivity index (χ4n) is 2.86. The molecule has 2 aromatic rings. The molecule has 12 heteroatoms. The number of carbonyl (C=O) groups is 1. The molecule has 1 aliphatic rings. The molecule has 0 atom stereocenters. The van der Waals surface area contributed by atoms with E-state index in [-0.39, 0.29) is 5.75 Å². The first-order chi connectivity index (χ1) is 13.0. The molecule has 0 unspecified atom stereocenters. The van der Waals surface area contributed by atoms with Crippen LogP contribution < -0.4 is 9.64 Å². The summed E-state index contributed by atoms with van der Waals surface area (Å²) in [6, 6.07) is 3.18. The van der Waals surface area contributed by atoms with Gasteiger partial charge in [0, 0.05) is 31.1 Å². The summed E-state index contributed by atoms with van der Waals surface area (Å²) in [6.07, 6.45) is 0.882. The lowest BCUT2D eigenvalue weighted by molar-refractivity contribution is -0.0900. The molecule has 1 N–H and O–H groups in total. The van der Waals surface area contributed by atoms with Crippen LogP contribution in [-0.2, 0) is 15.3 Å². The number of rotatable bonds is 3. The Morgan fingerprint density at radius 2 is 2.04 bits per heavy atom. The summed E-state index contributed by atoms with van der Waals surface area (Å²) in [5, 5.41) is 12.0. The number of hydrogen-bond donors (Lipinski definition) is 1. The smallest absolute Gasteiger partial charge is 0.467 e. The van der Waals surface area contributed by atoms with Gasteiger partial charge in [0.2, 0.25) is 0 Å². The molecule has 11 nitrogen and oxygen atoms in total. The van der Waals surface area contributed by atoms with Crippen molar-refractivity contribution >= 4 is 33.3 Å². The van der Waals surface area contributed by atoms with Crippen LogP contribution in [0.2, 0.25) is 0 Å². The van der Waals surface area contributed by atoms with Crippen LogP contribution in [0.4, 0.5) is 10.6 Å². The van der Waals surface area contributed by atoms with Gasteiger partial charge >= 0.3 is 16.6 Å². The average Bonchev–Trinajstić information content (AvgIpc) is 2.85. The average molecular weight is 395 g/mol. The molecule has 3 rings (SSSR count). The maximum Gasteiger partial charge on any atom is 0.467 e. The number of hydroxylamine groups is 2. The van der Waals surface area contributed by atoms with Crippen molar-refractivity contribution in [2.45, 2.75) is 6.42 Å². The van der Waals surface area contributed by atoms with E-state index in [4.69, 9.17) is 9.57 Å². The number of nitrogens with zero attached hydrogens (tertiary/aromatic N) is 5. The predicted octanol–water partition coefficient (Wildman–Crippen LogP) is 0.970. The van der Waals surface area contributed by atoms with Crippen LogP contribution in [-0.4, -0.2) is 67.9 Å². The summed E-state index contributed by atoms with van der Waals surface area (Å²) < 4.78 is 28.8. The van der Waals surface area contributed by atoms with Crippen molar-refractivity contribution in [3.05, 3.63) is 18.5 Å². The van der Waals surface area contributed by atoms with Gasteiger partial charge in [-0.3, -0.25) is 0 Å². The van der Waals surface area contributed by atoms with Gasteiger partial charge in [0.25, 0.3) is 0 Å². The lowest BCUT2D eigenvalue weighted by Crippen LogP contribution is -2.32. The molecule has 1 aromatic carbocycles. The zero-order chi connectivity index (χ0) is 19.4. The van der Waals surface area contributed by atoms with Gasteiger partial charge < -0.3 is 19.6 Å². The molecule has 1 saturated heterocycles. The van der Waals surface area contributed by atoms with Gasteiger partial charge in [-0.2, -0.15) is 8.42 Å². The van der Waals surface area contributed by atoms with Crippen molar-refractivity contribution in [2.24, 2.45) is 4.36 Å². The summed E-state index contributed by atoms with van der Waals surface area (Å²) in [5.74, 6) is 0.969. The number of anilines is 1. The van der Waals surface area contributed by atoms with Gasteiger partial charge in [0.1, 0.15) is 12.1 Å². The zero-order valence-corrected chi connectivity index (χ0v) is 15.2. The van der Waals surface area contributed by atoms with Crippen LogP contribution in [0.3, 0.4) is 0 Å². The Balaban J connectivity index is 1.81. The van der Waals surface area contributed by atoms with Crippen molar-refractivity contribution in [2.75, 3.05) is 38.2 Å². The third-order valence-electron chi connectivity index (χ3n) is 4.03. The highest BCUT2D eigenvalue weighted by molar-refractivity contribution is 7.62. The second kappa shape index (κ2) is 8.14. The summed E-state index contributed by atoms with van der Waals surface area (Å²) in [4.78, 5) is 26.8. The highest BCUT2D eigenvalue weighted by atomic mass is 32.2. The van der Waals surface area contributed by atoms with E-state index in [2.05, 4.69) is 14.3 Å². The molecule has 1 amide bonds. The summed E-state index contributed by atoms with van der Waals surface area (Å²) in [7, 11) is -1.39. The van der Waals surface area contributed by atoms with Gasteiger partial charge in [0.05, 0.1) is 19.2 Å². The largest absolute Gasteiger partial charge is 0.504 e. The number of phenolic OH excluding ortho intramolecular Hbond substituents is 1. The third kappa shape index (κ3) is 4.41. The van der Waals surface area contributed by atoms with Crippen molar-refractivity contribution < 1.29 is 27.9 Å². The Morgan fingerprint density at radius 3 is 2.78 bits per heavy atom. The maximum absolute atomic E-state index is 11.4. The molecule has 0 aliphatic carbocycles. The molecule has 2 heterocycles. The zero-order valence-electron chi connectivity index (χ0n) is 14.4. The molecular weight excluding hydrogens is 378 g/mol. The van der Waals surface area contributed by atoms with Crippen molar-refractivity contribution in [1.82, 2.24) is 15.0 Å². The number of aromatic hydroxyl groups is 1. The standard InChI is InChI=1S/C15H17N5O6S/c1-25-13-7-10-11(8-12(13)21)16-9-17-14(10)19-3-2-4-20(6-5-19)26-15(22)18-27(23)24/h7-9,21H,2-6H2,1H3. The lowest BCUT2D eigenvalue weighted by Gasteiger charge is -2.23. The molecule has 144 valence electrons. The highest BCUT2D eigenvalue weighted by Crippen LogP contribution is 2.34. The fraction of sp³-hybridized carbons (Fsp3) is 0.400. The number of phenols is 1. The van der Waals surface area contributed by atoms with Gasteiger partial charge in [-0.1, -0.05) is 4.36 Å². The van der Waals surface area contributed by atoms with Crippen molar-refractivity contribution in [3.63, 3.8) is 0 Å². The normalized spacial score (nSPS) is 15.2. The van der Waals surface area contributed by atoms with E-state index in [1.807, 2.05) is 4.90 Å². The van der Waals surface area contributed by atoms with Crippen LogP contribution in [0.15, 0.2) is 22.8 Å². The molecule has 27 heavy (non-hydrogen) atoms.